The quantitative estimate of drug-likeness (QED) is 0.799. The summed E-state index contributed by atoms with van der Waals surface area (Å²) in [6, 6.07) is -0.350. The van der Waals surface area contributed by atoms with Gasteiger partial charge in [-0.05, 0) is 13.8 Å². The molecule has 98 valence electrons. The van der Waals surface area contributed by atoms with Crippen molar-refractivity contribution in [2.24, 2.45) is 0 Å². The summed E-state index contributed by atoms with van der Waals surface area (Å²) >= 11 is 1.62. The number of aryl methyl sites for hydroxylation is 1. The second-order valence-corrected chi connectivity index (χ2v) is 5.36. The largest absolute Gasteiger partial charge is 0.305 e. The molecule has 2 rings (SSSR count). The highest BCUT2D eigenvalue weighted by molar-refractivity contribution is 7.09. The van der Waals surface area contributed by atoms with Crippen LogP contribution in [0.25, 0.3) is 0 Å². The molecule has 6 heteroatoms. The highest BCUT2D eigenvalue weighted by atomic mass is 32.1. The summed E-state index contributed by atoms with van der Waals surface area (Å²) in [5, 5.41) is 6.21. The van der Waals surface area contributed by atoms with Crippen LogP contribution in [0.15, 0.2) is 5.38 Å². The molecule has 1 aromatic heterocycles. The minimum Gasteiger partial charge on any atom is -0.305 e. The average molecular weight is 267 g/mol. The molecule has 0 saturated carbocycles. The maximum Gasteiger partial charge on any atom is 0.246 e. The molecule has 2 heterocycles. The van der Waals surface area contributed by atoms with Gasteiger partial charge in [0, 0.05) is 24.9 Å². The standard InChI is InChI=1S/C12H17N3O2S/c1-3-15-11(16)6-10(12(15)17)13-5-4-9-7-18-8(2)14-9/h7,10,13H,3-6H2,1-2H3. The van der Waals surface area contributed by atoms with Gasteiger partial charge in [0.25, 0.3) is 0 Å². The number of nitrogens with one attached hydrogen (secondary N) is 1. The predicted molar refractivity (Wildman–Crippen MR) is 69.4 cm³/mol. The number of hydrogen-bond donors (Lipinski definition) is 1. The number of thiazole rings is 1. The molecule has 0 aromatic carbocycles. The first-order valence-electron chi connectivity index (χ1n) is 6.10. The number of likely N-dealkylation sites (N-methyl/N-ethyl adjacent to an activating group) is 1. The molecule has 0 bridgehead atoms. The summed E-state index contributed by atoms with van der Waals surface area (Å²) in [6.45, 7) is 4.92. The van der Waals surface area contributed by atoms with Crippen molar-refractivity contribution in [1.29, 1.82) is 0 Å². The number of hydrogen-bond acceptors (Lipinski definition) is 5. The number of nitrogens with zero attached hydrogens (tertiary/aromatic N) is 2. The fourth-order valence-electron chi connectivity index (χ4n) is 2.07. The van der Waals surface area contributed by atoms with Gasteiger partial charge in [-0.25, -0.2) is 4.98 Å². The van der Waals surface area contributed by atoms with Crippen LogP contribution in [0.2, 0.25) is 0 Å². The average Bonchev–Trinajstić information content (AvgIpc) is 2.85. The Morgan fingerprint density at radius 3 is 2.89 bits per heavy atom. The highest BCUT2D eigenvalue weighted by Crippen LogP contribution is 2.13. The Hall–Kier alpha value is -1.27. The molecule has 1 aromatic rings. The molecule has 1 fully saturated rings. The first kappa shape index (κ1) is 13.2. The van der Waals surface area contributed by atoms with Gasteiger partial charge in [0.2, 0.25) is 11.8 Å². The van der Waals surface area contributed by atoms with Crippen LogP contribution in [-0.4, -0.2) is 40.8 Å². The van der Waals surface area contributed by atoms with Crippen LogP contribution in [0.4, 0.5) is 0 Å². The first-order valence-corrected chi connectivity index (χ1v) is 6.98. The smallest absolute Gasteiger partial charge is 0.246 e. The third-order valence-corrected chi connectivity index (χ3v) is 3.82. The molecule has 0 spiro atoms. The number of imide groups is 1. The van der Waals surface area contributed by atoms with Crippen molar-refractivity contribution in [2.45, 2.75) is 32.7 Å². The number of likely N-dealkylation sites (tertiary alicyclic amines) is 1. The normalized spacial score (nSPS) is 19.9. The van der Waals surface area contributed by atoms with Gasteiger partial charge in [-0.2, -0.15) is 0 Å². The van der Waals surface area contributed by atoms with Gasteiger partial charge in [-0.3, -0.25) is 14.5 Å². The number of carbonyl (C=O) groups excluding carboxylic acids is 2. The number of rotatable bonds is 5. The monoisotopic (exact) mass is 267 g/mol. The van der Waals surface area contributed by atoms with Gasteiger partial charge < -0.3 is 5.32 Å². The maximum atomic E-state index is 11.8. The van der Waals surface area contributed by atoms with Crippen LogP contribution in [-0.2, 0) is 16.0 Å². The van der Waals surface area contributed by atoms with E-state index in [4.69, 9.17) is 0 Å². The van der Waals surface area contributed by atoms with Gasteiger partial charge >= 0.3 is 0 Å². The predicted octanol–water partition coefficient (Wildman–Crippen LogP) is 0.731. The lowest BCUT2D eigenvalue weighted by atomic mass is 10.2. The highest BCUT2D eigenvalue weighted by Gasteiger charge is 2.36. The van der Waals surface area contributed by atoms with Crippen LogP contribution in [0, 0.1) is 6.92 Å². The van der Waals surface area contributed by atoms with E-state index in [2.05, 4.69) is 10.3 Å². The molecule has 1 aliphatic rings. The minimum absolute atomic E-state index is 0.0792. The fourth-order valence-corrected chi connectivity index (χ4v) is 2.72. The van der Waals surface area contributed by atoms with Gasteiger partial charge in [0.15, 0.2) is 0 Å². The molecule has 1 atom stereocenters. The molecule has 5 nitrogen and oxygen atoms in total. The van der Waals surface area contributed by atoms with E-state index >= 15 is 0 Å². The van der Waals surface area contributed by atoms with Gasteiger partial charge in [0.05, 0.1) is 23.2 Å². The van der Waals surface area contributed by atoms with E-state index in [1.807, 2.05) is 19.2 Å². The van der Waals surface area contributed by atoms with Crippen molar-refractivity contribution >= 4 is 23.2 Å². The first-order chi connectivity index (χ1) is 8.61. The number of carbonyl (C=O) groups is 2. The minimum atomic E-state index is -0.350. The molecular formula is C12H17N3O2S. The molecule has 1 unspecified atom stereocenters. The fraction of sp³-hybridized carbons (Fsp3) is 0.583. The van der Waals surface area contributed by atoms with Crippen molar-refractivity contribution in [1.82, 2.24) is 15.2 Å². The lowest BCUT2D eigenvalue weighted by Gasteiger charge is -2.12. The second kappa shape index (κ2) is 5.58. The summed E-state index contributed by atoms with van der Waals surface area (Å²) < 4.78 is 0. The summed E-state index contributed by atoms with van der Waals surface area (Å²) in [5.41, 5.74) is 1.04. The molecule has 1 aliphatic heterocycles. The Labute approximate surface area is 110 Å². The number of aromatic nitrogens is 1. The van der Waals surface area contributed by atoms with Crippen molar-refractivity contribution in [3.05, 3.63) is 16.1 Å². The number of amides is 2. The van der Waals surface area contributed by atoms with Crippen LogP contribution < -0.4 is 5.32 Å². The third kappa shape index (κ3) is 2.76. The van der Waals surface area contributed by atoms with Crippen LogP contribution in [0.3, 0.4) is 0 Å². The Bertz CT molecular complexity index is 458. The van der Waals surface area contributed by atoms with E-state index in [1.165, 1.54) is 4.90 Å². The van der Waals surface area contributed by atoms with Gasteiger partial charge in [0.1, 0.15) is 0 Å². The van der Waals surface area contributed by atoms with Crippen molar-refractivity contribution in [3.63, 3.8) is 0 Å². The lowest BCUT2D eigenvalue weighted by Crippen LogP contribution is -2.39. The topological polar surface area (TPSA) is 62.3 Å². The van der Waals surface area contributed by atoms with Crippen LogP contribution in [0.1, 0.15) is 24.0 Å². The van der Waals surface area contributed by atoms with Gasteiger partial charge in [-0.1, -0.05) is 0 Å². The van der Waals surface area contributed by atoms with E-state index in [0.717, 1.165) is 17.1 Å². The summed E-state index contributed by atoms with van der Waals surface area (Å²) in [7, 11) is 0. The molecule has 1 N–H and O–H groups in total. The SMILES string of the molecule is CCN1C(=O)CC(NCCc2csc(C)n2)C1=O. The van der Waals surface area contributed by atoms with Gasteiger partial charge in [-0.15, -0.1) is 11.3 Å². The molecule has 1 saturated heterocycles. The molecule has 18 heavy (non-hydrogen) atoms. The zero-order valence-electron chi connectivity index (χ0n) is 10.6. The summed E-state index contributed by atoms with van der Waals surface area (Å²) in [6.07, 6.45) is 1.07. The molecule has 0 aliphatic carbocycles. The Kier molecular flexibility index (Phi) is 4.08. The van der Waals surface area contributed by atoms with E-state index in [9.17, 15) is 9.59 Å². The van der Waals surface area contributed by atoms with E-state index in [1.54, 1.807) is 11.3 Å². The van der Waals surface area contributed by atoms with Crippen LogP contribution in [0.5, 0.6) is 0 Å². The molecule has 2 amide bonds. The second-order valence-electron chi connectivity index (χ2n) is 4.29. The Balaban J connectivity index is 1.81. The van der Waals surface area contributed by atoms with E-state index in [-0.39, 0.29) is 24.3 Å². The Morgan fingerprint density at radius 2 is 2.33 bits per heavy atom. The summed E-state index contributed by atoms with van der Waals surface area (Å²) in [5.74, 6) is -0.179. The van der Waals surface area contributed by atoms with E-state index < -0.39 is 0 Å². The van der Waals surface area contributed by atoms with E-state index in [0.29, 0.717) is 13.1 Å². The Morgan fingerprint density at radius 1 is 1.56 bits per heavy atom. The maximum absolute atomic E-state index is 11.8. The molecule has 0 radical (unpaired) electrons. The van der Waals surface area contributed by atoms with Crippen molar-refractivity contribution in [2.75, 3.05) is 13.1 Å². The molecular weight excluding hydrogens is 250 g/mol. The lowest BCUT2D eigenvalue weighted by molar-refractivity contribution is -0.138. The third-order valence-electron chi connectivity index (χ3n) is 3.00. The van der Waals surface area contributed by atoms with Crippen molar-refractivity contribution in [3.8, 4) is 0 Å². The zero-order valence-corrected chi connectivity index (χ0v) is 11.4. The van der Waals surface area contributed by atoms with Crippen molar-refractivity contribution < 1.29 is 9.59 Å². The summed E-state index contributed by atoms with van der Waals surface area (Å²) in [4.78, 5) is 29.0. The van der Waals surface area contributed by atoms with Crippen LogP contribution >= 0.6 is 11.3 Å². The zero-order chi connectivity index (χ0) is 13.1.